The first-order valence-electron chi connectivity index (χ1n) is 12.9. The van der Waals surface area contributed by atoms with Crippen LogP contribution >= 0.6 is 0 Å². The predicted molar refractivity (Wildman–Crippen MR) is 145 cm³/mol. The van der Waals surface area contributed by atoms with Crippen LogP contribution in [0.25, 0.3) is 22.3 Å². The topological polar surface area (TPSA) is 43.4 Å². The molecule has 4 aromatic carbocycles. The van der Waals surface area contributed by atoms with Crippen LogP contribution in [0.4, 0.5) is 11.4 Å². The number of fused-ring (bicyclic) bond motifs is 10. The number of hydrogen-bond acceptors (Lipinski definition) is 6. The Kier molecular flexibility index (Phi) is 6.86. The molecule has 39 heavy (non-hydrogen) atoms. The molecule has 2 fully saturated rings. The zero-order chi connectivity index (χ0) is 25.7. The minimum absolute atomic E-state index is 0. The molecule has 0 amide bonds. The van der Waals surface area contributed by atoms with E-state index in [0.29, 0.717) is 26.4 Å². The third kappa shape index (κ3) is 4.05. The standard InChI is InChI=1S/C32H28N2O4.Pt/c1-33-29-15-5-3-13-27(29)23-9-8-12-26(22-23)32(37-19-20-38-32)34(2)30-16-6-4-14-28(30)24-10-7-11-25(21-24)31(33)35-17-18-36-31;/h3-16H,17-20H2,1-2H3;/q-2;+4. The van der Waals surface area contributed by atoms with Crippen LogP contribution in [0, 0.1) is 12.1 Å². The van der Waals surface area contributed by atoms with Gasteiger partial charge in [0.1, 0.15) is 0 Å². The van der Waals surface area contributed by atoms with Gasteiger partial charge in [0.15, 0.2) is 0 Å². The Morgan fingerprint density at radius 2 is 0.923 bits per heavy atom. The first-order chi connectivity index (χ1) is 18.6. The Labute approximate surface area is 243 Å². The molecule has 0 aromatic heterocycles. The van der Waals surface area contributed by atoms with E-state index in [2.05, 4.69) is 58.3 Å². The summed E-state index contributed by atoms with van der Waals surface area (Å²) in [6, 6.07) is 36.0. The minimum Gasteiger partial charge on any atom is -0.329 e. The van der Waals surface area contributed by atoms with Crippen molar-refractivity contribution in [3.63, 3.8) is 0 Å². The van der Waals surface area contributed by atoms with Gasteiger partial charge in [0.05, 0.1) is 26.4 Å². The van der Waals surface area contributed by atoms with Gasteiger partial charge >= 0.3 is 21.1 Å². The van der Waals surface area contributed by atoms with E-state index in [1.54, 1.807) is 0 Å². The van der Waals surface area contributed by atoms with Crippen molar-refractivity contribution in [1.82, 2.24) is 0 Å². The fourth-order valence-electron chi connectivity index (χ4n) is 5.79. The second-order valence-corrected chi connectivity index (χ2v) is 9.67. The number of nitrogens with zero attached hydrogens (tertiary/aromatic N) is 2. The summed E-state index contributed by atoms with van der Waals surface area (Å²) >= 11 is 0. The number of ether oxygens (including phenoxy) is 4. The van der Waals surface area contributed by atoms with Crippen molar-refractivity contribution in [2.24, 2.45) is 0 Å². The molecule has 3 heterocycles. The largest absolute Gasteiger partial charge is 4.00 e. The number of para-hydroxylation sites is 2. The summed E-state index contributed by atoms with van der Waals surface area (Å²) in [6.07, 6.45) is 0. The van der Waals surface area contributed by atoms with Gasteiger partial charge < -0.3 is 28.7 Å². The van der Waals surface area contributed by atoms with Crippen molar-refractivity contribution in [3.05, 3.63) is 108 Å². The second kappa shape index (κ2) is 10.2. The van der Waals surface area contributed by atoms with E-state index in [-0.39, 0.29) is 21.1 Å². The summed E-state index contributed by atoms with van der Waals surface area (Å²) in [6.45, 7) is 1.96. The third-order valence-electron chi connectivity index (χ3n) is 7.62. The van der Waals surface area contributed by atoms with E-state index in [0.717, 1.165) is 44.8 Å². The number of hydrogen-bond donors (Lipinski definition) is 0. The van der Waals surface area contributed by atoms with Gasteiger partial charge in [-0.15, -0.1) is 59.7 Å². The molecule has 7 rings (SSSR count). The molecule has 4 aromatic rings. The summed E-state index contributed by atoms with van der Waals surface area (Å²) in [5.74, 6) is -2.23. The van der Waals surface area contributed by atoms with Crippen molar-refractivity contribution in [1.29, 1.82) is 0 Å². The number of rotatable bonds is 0. The molecule has 2 spiro atoms. The molecule has 0 radical (unpaired) electrons. The van der Waals surface area contributed by atoms with E-state index in [1.807, 2.05) is 62.6 Å². The average Bonchev–Trinajstić information content (AvgIpc) is 3.68. The fraction of sp³-hybridized carbons (Fsp3) is 0.250. The van der Waals surface area contributed by atoms with Crippen LogP contribution in [-0.4, -0.2) is 40.5 Å². The van der Waals surface area contributed by atoms with Crippen LogP contribution in [0.2, 0.25) is 0 Å². The first-order valence-corrected chi connectivity index (χ1v) is 12.9. The van der Waals surface area contributed by atoms with E-state index in [1.165, 1.54) is 0 Å². The third-order valence-corrected chi connectivity index (χ3v) is 7.62. The molecule has 4 bridgehead atoms. The summed E-state index contributed by atoms with van der Waals surface area (Å²) in [4.78, 5) is 4.13. The maximum Gasteiger partial charge on any atom is 4.00 e. The SMILES string of the molecule is CN1c2ccccc2-c2[c-]c(ccc2)C2(OCCO2)N(C)c2ccccc2-c2[c-]c(ccc2)C12OCCO2.[Pt+4]. The van der Waals surface area contributed by atoms with Crippen molar-refractivity contribution in [2.45, 2.75) is 11.8 Å². The van der Waals surface area contributed by atoms with E-state index in [4.69, 9.17) is 18.9 Å². The van der Waals surface area contributed by atoms with Crippen LogP contribution < -0.4 is 9.80 Å². The zero-order valence-electron chi connectivity index (χ0n) is 21.8. The van der Waals surface area contributed by atoms with Gasteiger partial charge in [-0.05, 0) is 12.1 Å². The van der Waals surface area contributed by atoms with Gasteiger partial charge in [-0.1, -0.05) is 58.7 Å². The van der Waals surface area contributed by atoms with Crippen molar-refractivity contribution in [2.75, 3.05) is 50.3 Å². The van der Waals surface area contributed by atoms with Gasteiger partial charge in [0.2, 0.25) is 0 Å². The van der Waals surface area contributed by atoms with E-state index >= 15 is 0 Å². The Balaban J connectivity index is 0.00000277. The molecule has 3 aliphatic rings. The molecule has 3 aliphatic heterocycles. The van der Waals surface area contributed by atoms with Crippen LogP contribution in [0.1, 0.15) is 11.1 Å². The summed E-state index contributed by atoms with van der Waals surface area (Å²) in [5.41, 5.74) is 7.37. The molecule has 0 unspecified atom stereocenters. The summed E-state index contributed by atoms with van der Waals surface area (Å²) in [5, 5.41) is 0. The van der Waals surface area contributed by atoms with Gasteiger partial charge in [-0.25, -0.2) is 0 Å². The second-order valence-electron chi connectivity index (χ2n) is 9.67. The fourth-order valence-corrected chi connectivity index (χ4v) is 5.79. The van der Waals surface area contributed by atoms with Gasteiger partial charge in [-0.3, -0.25) is 0 Å². The van der Waals surface area contributed by atoms with E-state index in [9.17, 15) is 0 Å². The van der Waals surface area contributed by atoms with Crippen LogP contribution in [0.15, 0.2) is 84.9 Å². The molecule has 2 saturated heterocycles. The molecule has 0 N–H and O–H groups in total. The van der Waals surface area contributed by atoms with Crippen LogP contribution in [-0.2, 0) is 51.8 Å². The molecule has 0 atom stereocenters. The first kappa shape index (κ1) is 26.2. The van der Waals surface area contributed by atoms with Crippen molar-refractivity contribution < 1.29 is 40.0 Å². The quantitative estimate of drug-likeness (QED) is 0.226. The van der Waals surface area contributed by atoms with Crippen molar-refractivity contribution >= 4 is 11.4 Å². The molecule has 0 aliphatic carbocycles. The number of benzene rings is 4. The molecular weight excluding hydrogens is 671 g/mol. The van der Waals surface area contributed by atoms with Crippen molar-refractivity contribution in [3.8, 4) is 22.3 Å². The Bertz CT molecular complexity index is 1380. The van der Waals surface area contributed by atoms with Gasteiger partial charge in [0, 0.05) is 25.5 Å². The maximum atomic E-state index is 6.40. The average molecular weight is 700 g/mol. The molecule has 7 heteroatoms. The predicted octanol–water partition coefficient (Wildman–Crippen LogP) is 5.52. The molecule has 198 valence electrons. The maximum absolute atomic E-state index is 6.40. The molecule has 0 saturated carbocycles. The Morgan fingerprint density at radius 3 is 1.33 bits per heavy atom. The van der Waals surface area contributed by atoms with Crippen LogP contribution in [0.5, 0.6) is 0 Å². The monoisotopic (exact) mass is 699 g/mol. The van der Waals surface area contributed by atoms with Gasteiger partial charge in [0.25, 0.3) is 11.8 Å². The Morgan fingerprint density at radius 1 is 0.538 bits per heavy atom. The smallest absolute Gasteiger partial charge is 0.329 e. The summed E-state index contributed by atoms with van der Waals surface area (Å²) < 4.78 is 25.6. The minimum atomic E-state index is -1.12. The molecule has 6 nitrogen and oxygen atoms in total. The van der Waals surface area contributed by atoms with Gasteiger partial charge in [-0.2, -0.15) is 0 Å². The number of anilines is 2. The van der Waals surface area contributed by atoms with E-state index < -0.39 is 11.8 Å². The Hall–Kier alpha value is -2.99. The van der Waals surface area contributed by atoms with Crippen LogP contribution in [0.3, 0.4) is 0 Å². The summed E-state index contributed by atoms with van der Waals surface area (Å²) in [7, 11) is 4.01. The molecular formula is C32H28N2O4Pt+2. The normalized spacial score (nSPS) is 18.8. The zero-order valence-corrected chi connectivity index (χ0v) is 24.0.